The molecule has 19 heavy (non-hydrogen) atoms. The Morgan fingerprint density at radius 1 is 1.16 bits per heavy atom. The second-order valence-electron chi connectivity index (χ2n) is 5.75. The first-order valence-electron chi connectivity index (χ1n) is 7.08. The van der Waals surface area contributed by atoms with Gasteiger partial charge in [-0.05, 0) is 48.9 Å². The lowest BCUT2D eigenvalue weighted by molar-refractivity contribution is 0.230. The lowest BCUT2D eigenvalue weighted by atomic mass is 9.79. The van der Waals surface area contributed by atoms with E-state index in [4.69, 9.17) is 23.2 Å². The van der Waals surface area contributed by atoms with Crippen molar-refractivity contribution < 1.29 is 0 Å². The minimum Gasteiger partial charge on any atom is -0.313 e. The monoisotopic (exact) mass is 301 g/mol. The molecule has 0 amide bonds. The first-order valence-corrected chi connectivity index (χ1v) is 7.84. The molecule has 1 rings (SSSR count). The van der Waals surface area contributed by atoms with Crippen LogP contribution in [0.4, 0.5) is 0 Å². The second kappa shape index (κ2) is 7.52. The van der Waals surface area contributed by atoms with Gasteiger partial charge in [-0.3, -0.25) is 0 Å². The maximum Gasteiger partial charge on any atom is 0.0453 e. The van der Waals surface area contributed by atoms with Gasteiger partial charge in [-0.1, -0.05) is 57.0 Å². The molecule has 0 aliphatic rings. The van der Waals surface area contributed by atoms with E-state index in [0.29, 0.717) is 6.04 Å². The molecule has 0 spiro atoms. The van der Waals surface area contributed by atoms with E-state index in [9.17, 15) is 0 Å². The van der Waals surface area contributed by atoms with E-state index in [1.807, 2.05) is 18.2 Å². The Labute approximate surface area is 127 Å². The summed E-state index contributed by atoms with van der Waals surface area (Å²) in [4.78, 5) is 0. The maximum absolute atomic E-state index is 6.29. The molecule has 3 heteroatoms. The molecule has 1 atom stereocenters. The number of hydrogen-bond acceptors (Lipinski definition) is 1. The number of halogens is 2. The Kier molecular flexibility index (Phi) is 6.65. The van der Waals surface area contributed by atoms with Gasteiger partial charge in [-0.25, -0.2) is 0 Å². The van der Waals surface area contributed by atoms with E-state index in [1.165, 1.54) is 0 Å². The van der Waals surface area contributed by atoms with E-state index < -0.39 is 0 Å². The highest BCUT2D eigenvalue weighted by Gasteiger charge is 2.28. The topological polar surface area (TPSA) is 12.0 Å². The van der Waals surface area contributed by atoms with Crippen LogP contribution in [0, 0.1) is 5.41 Å². The fraction of sp³-hybridized carbons (Fsp3) is 0.625. The van der Waals surface area contributed by atoms with Gasteiger partial charge in [-0.15, -0.1) is 0 Å². The molecule has 0 fully saturated rings. The summed E-state index contributed by atoms with van der Waals surface area (Å²) in [7, 11) is 0. The number of benzene rings is 1. The van der Waals surface area contributed by atoms with E-state index in [-0.39, 0.29) is 5.41 Å². The quantitative estimate of drug-likeness (QED) is 0.717. The van der Waals surface area contributed by atoms with E-state index in [0.717, 1.165) is 41.4 Å². The van der Waals surface area contributed by atoms with Gasteiger partial charge >= 0.3 is 0 Å². The van der Waals surface area contributed by atoms with Crippen molar-refractivity contribution in [3.8, 4) is 0 Å². The van der Waals surface area contributed by atoms with Gasteiger partial charge in [0, 0.05) is 16.1 Å². The molecule has 1 aromatic carbocycles. The van der Waals surface area contributed by atoms with Gasteiger partial charge in [0.1, 0.15) is 0 Å². The van der Waals surface area contributed by atoms with Crippen LogP contribution in [0.25, 0.3) is 0 Å². The van der Waals surface area contributed by atoms with Crippen molar-refractivity contribution in [2.75, 3.05) is 6.54 Å². The van der Waals surface area contributed by atoms with E-state index >= 15 is 0 Å². The first kappa shape index (κ1) is 16.8. The van der Waals surface area contributed by atoms with Crippen LogP contribution in [0.15, 0.2) is 18.2 Å². The van der Waals surface area contributed by atoms with Crippen molar-refractivity contribution in [2.45, 2.75) is 53.0 Å². The molecular weight excluding hydrogens is 277 g/mol. The van der Waals surface area contributed by atoms with Crippen molar-refractivity contribution in [1.29, 1.82) is 0 Å². The highest BCUT2D eigenvalue weighted by molar-refractivity contribution is 6.36. The van der Waals surface area contributed by atoms with Crippen LogP contribution in [0.2, 0.25) is 10.0 Å². The average Bonchev–Trinajstić information content (AvgIpc) is 2.37. The summed E-state index contributed by atoms with van der Waals surface area (Å²) in [5.74, 6) is 0. The average molecular weight is 302 g/mol. The molecule has 0 aliphatic heterocycles. The van der Waals surface area contributed by atoms with Gasteiger partial charge in [-0.2, -0.15) is 0 Å². The van der Waals surface area contributed by atoms with Crippen LogP contribution < -0.4 is 5.32 Å². The van der Waals surface area contributed by atoms with Crippen LogP contribution in [-0.2, 0) is 6.42 Å². The Hall–Kier alpha value is -0.240. The van der Waals surface area contributed by atoms with Crippen molar-refractivity contribution in [1.82, 2.24) is 5.32 Å². The molecule has 0 saturated carbocycles. The van der Waals surface area contributed by atoms with Crippen molar-refractivity contribution in [2.24, 2.45) is 5.41 Å². The molecule has 0 saturated heterocycles. The predicted molar refractivity (Wildman–Crippen MR) is 86.3 cm³/mol. The maximum atomic E-state index is 6.29. The van der Waals surface area contributed by atoms with E-state index in [2.05, 4.69) is 33.0 Å². The van der Waals surface area contributed by atoms with Gasteiger partial charge in [0.2, 0.25) is 0 Å². The molecule has 0 radical (unpaired) electrons. The van der Waals surface area contributed by atoms with Crippen LogP contribution in [-0.4, -0.2) is 12.6 Å². The zero-order chi connectivity index (χ0) is 14.5. The first-order chi connectivity index (χ1) is 8.92. The minimum absolute atomic E-state index is 0.220. The molecule has 108 valence electrons. The van der Waals surface area contributed by atoms with Gasteiger partial charge in [0.05, 0.1) is 0 Å². The zero-order valence-electron chi connectivity index (χ0n) is 12.4. The fourth-order valence-corrected chi connectivity index (χ4v) is 2.67. The summed E-state index contributed by atoms with van der Waals surface area (Å²) < 4.78 is 0. The third-order valence-electron chi connectivity index (χ3n) is 3.97. The standard InChI is InChI=1S/C16H25Cl2N/c1-5-10-19-15(16(3,4)6-2)11-12-13(17)8-7-9-14(12)18/h7-9,15,19H,5-6,10-11H2,1-4H3. The third-order valence-corrected chi connectivity index (χ3v) is 4.67. The molecule has 1 unspecified atom stereocenters. The van der Waals surface area contributed by atoms with Crippen LogP contribution >= 0.6 is 23.2 Å². The summed E-state index contributed by atoms with van der Waals surface area (Å²) in [5.41, 5.74) is 1.28. The fourth-order valence-electron chi connectivity index (χ4n) is 2.12. The van der Waals surface area contributed by atoms with Crippen molar-refractivity contribution in [3.05, 3.63) is 33.8 Å². The number of rotatable bonds is 7. The zero-order valence-corrected chi connectivity index (χ0v) is 13.9. The Balaban J connectivity index is 2.94. The smallest absolute Gasteiger partial charge is 0.0453 e. The van der Waals surface area contributed by atoms with Gasteiger partial charge < -0.3 is 5.32 Å². The molecule has 1 nitrogen and oxygen atoms in total. The van der Waals surface area contributed by atoms with Crippen molar-refractivity contribution in [3.63, 3.8) is 0 Å². The summed E-state index contributed by atoms with van der Waals surface area (Å²) >= 11 is 12.6. The lowest BCUT2D eigenvalue weighted by Gasteiger charge is -2.35. The highest BCUT2D eigenvalue weighted by Crippen LogP contribution is 2.32. The second-order valence-corrected chi connectivity index (χ2v) is 6.57. The molecule has 0 aromatic heterocycles. The summed E-state index contributed by atoms with van der Waals surface area (Å²) in [6, 6.07) is 6.11. The molecule has 0 aliphatic carbocycles. The summed E-state index contributed by atoms with van der Waals surface area (Å²) in [6.07, 6.45) is 3.13. The van der Waals surface area contributed by atoms with Crippen LogP contribution in [0.1, 0.15) is 46.1 Å². The van der Waals surface area contributed by atoms with Crippen LogP contribution in [0.5, 0.6) is 0 Å². The van der Waals surface area contributed by atoms with Gasteiger partial charge in [0.25, 0.3) is 0 Å². The Bertz CT molecular complexity index is 381. The normalized spacial score (nSPS) is 13.6. The minimum atomic E-state index is 0.220. The SMILES string of the molecule is CCCNC(Cc1c(Cl)cccc1Cl)C(C)(C)CC. The molecule has 0 bridgehead atoms. The van der Waals surface area contributed by atoms with Gasteiger partial charge in [0.15, 0.2) is 0 Å². The molecule has 1 N–H and O–H groups in total. The molecular formula is C16H25Cl2N. The van der Waals surface area contributed by atoms with E-state index in [1.54, 1.807) is 0 Å². The summed E-state index contributed by atoms with van der Waals surface area (Å²) in [6.45, 7) is 10.0. The Morgan fingerprint density at radius 2 is 1.74 bits per heavy atom. The largest absolute Gasteiger partial charge is 0.313 e. The molecule has 1 aromatic rings. The number of nitrogens with one attached hydrogen (secondary N) is 1. The lowest BCUT2D eigenvalue weighted by Crippen LogP contribution is -2.43. The third kappa shape index (κ3) is 4.66. The highest BCUT2D eigenvalue weighted by atomic mass is 35.5. The van der Waals surface area contributed by atoms with Crippen molar-refractivity contribution >= 4 is 23.2 Å². The Morgan fingerprint density at radius 3 is 2.21 bits per heavy atom. The summed E-state index contributed by atoms with van der Waals surface area (Å²) in [5, 5.41) is 5.18. The molecule has 0 heterocycles. The number of hydrogen-bond donors (Lipinski definition) is 1. The predicted octanol–water partition coefficient (Wildman–Crippen LogP) is 5.34. The van der Waals surface area contributed by atoms with Crippen LogP contribution in [0.3, 0.4) is 0 Å².